The molecule has 2 aromatic carbocycles. The van der Waals surface area contributed by atoms with Gasteiger partial charge in [-0.3, -0.25) is 4.79 Å². The molecule has 1 amide bonds. The highest BCUT2D eigenvalue weighted by Crippen LogP contribution is 2.29. The third-order valence-corrected chi connectivity index (χ3v) is 7.79. The minimum Gasteiger partial charge on any atom is -0.496 e. The summed E-state index contributed by atoms with van der Waals surface area (Å²) in [7, 11) is -2.10. The Labute approximate surface area is 183 Å². The second-order valence-corrected chi connectivity index (χ2v) is 9.73. The van der Waals surface area contributed by atoms with Gasteiger partial charge >= 0.3 is 0 Å². The third-order valence-electron chi connectivity index (χ3n) is 5.41. The third kappa shape index (κ3) is 4.63. The van der Waals surface area contributed by atoms with Crippen LogP contribution in [0.15, 0.2) is 41.3 Å². The fourth-order valence-electron chi connectivity index (χ4n) is 3.69. The molecule has 6 nitrogen and oxygen atoms in total. The summed E-state index contributed by atoms with van der Waals surface area (Å²) in [5.74, 6) is 0.444. The molecule has 0 aliphatic carbocycles. The Morgan fingerprint density at radius 3 is 2.50 bits per heavy atom. The van der Waals surface area contributed by atoms with Crippen molar-refractivity contribution in [3.8, 4) is 5.75 Å². The number of sulfonamides is 1. The van der Waals surface area contributed by atoms with Crippen molar-refractivity contribution in [3.63, 3.8) is 0 Å². The maximum Gasteiger partial charge on any atom is 0.251 e. The number of benzene rings is 2. The topological polar surface area (TPSA) is 75.7 Å². The van der Waals surface area contributed by atoms with E-state index in [1.54, 1.807) is 13.2 Å². The van der Waals surface area contributed by atoms with Gasteiger partial charge in [0.05, 0.1) is 18.2 Å². The van der Waals surface area contributed by atoms with Gasteiger partial charge in [0.1, 0.15) is 10.6 Å². The Morgan fingerprint density at radius 2 is 1.90 bits per heavy atom. The molecule has 162 valence electrons. The van der Waals surface area contributed by atoms with Crippen LogP contribution in [0.3, 0.4) is 0 Å². The molecular weight excluding hydrogens is 424 g/mol. The number of nitrogens with one attached hydrogen (secondary N) is 1. The molecule has 0 bridgehead atoms. The van der Waals surface area contributed by atoms with Crippen molar-refractivity contribution < 1.29 is 17.9 Å². The standard InChI is InChI=1S/C22H27ClN2O4S/c1-4-19(16-8-10-20(29-3)15(2)13-16)24-22(26)17-7-9-18(23)21(14-17)30(27,28)25-11-5-6-12-25/h7-10,13-14,19H,4-6,11-12H2,1-3H3,(H,24,26). The van der Waals surface area contributed by atoms with Crippen molar-refractivity contribution in [2.45, 2.75) is 44.0 Å². The number of aryl methyl sites for hydroxylation is 1. The molecule has 0 saturated carbocycles. The first-order valence-electron chi connectivity index (χ1n) is 10.0. The Bertz CT molecular complexity index is 1030. The minimum atomic E-state index is -3.72. The van der Waals surface area contributed by atoms with Crippen LogP contribution in [0.4, 0.5) is 0 Å². The number of carbonyl (C=O) groups excluding carboxylic acids is 1. The van der Waals surface area contributed by atoms with Crippen LogP contribution in [0.2, 0.25) is 5.02 Å². The predicted molar refractivity (Wildman–Crippen MR) is 118 cm³/mol. The first-order valence-corrected chi connectivity index (χ1v) is 11.8. The summed E-state index contributed by atoms with van der Waals surface area (Å²) in [5.41, 5.74) is 2.21. The number of methoxy groups -OCH3 is 1. The zero-order valence-corrected chi connectivity index (χ0v) is 19.0. The molecule has 1 saturated heterocycles. The molecule has 8 heteroatoms. The molecule has 0 radical (unpaired) electrons. The van der Waals surface area contributed by atoms with Crippen LogP contribution in [-0.2, 0) is 10.0 Å². The lowest BCUT2D eigenvalue weighted by atomic mass is 10.0. The van der Waals surface area contributed by atoms with Crippen molar-refractivity contribution >= 4 is 27.5 Å². The van der Waals surface area contributed by atoms with Crippen molar-refractivity contribution in [2.24, 2.45) is 0 Å². The Kier molecular flexibility index (Phi) is 7.06. The van der Waals surface area contributed by atoms with Gasteiger partial charge in [0, 0.05) is 18.7 Å². The smallest absolute Gasteiger partial charge is 0.251 e. The molecule has 3 rings (SSSR count). The number of carbonyl (C=O) groups is 1. The monoisotopic (exact) mass is 450 g/mol. The van der Waals surface area contributed by atoms with Crippen molar-refractivity contribution in [3.05, 3.63) is 58.1 Å². The van der Waals surface area contributed by atoms with Crippen LogP contribution in [0, 0.1) is 6.92 Å². The van der Waals surface area contributed by atoms with Crippen LogP contribution < -0.4 is 10.1 Å². The van der Waals surface area contributed by atoms with Crippen LogP contribution in [0.1, 0.15) is 53.7 Å². The van der Waals surface area contributed by atoms with E-state index in [-0.39, 0.29) is 27.4 Å². The number of nitrogens with zero attached hydrogens (tertiary/aromatic N) is 1. The lowest BCUT2D eigenvalue weighted by molar-refractivity contribution is 0.0935. The van der Waals surface area contributed by atoms with Gasteiger partial charge < -0.3 is 10.1 Å². The fraction of sp³-hybridized carbons (Fsp3) is 0.409. The highest BCUT2D eigenvalue weighted by atomic mass is 35.5. The quantitative estimate of drug-likeness (QED) is 0.681. The van der Waals surface area contributed by atoms with Gasteiger partial charge in [0.25, 0.3) is 5.91 Å². The van der Waals surface area contributed by atoms with Crippen molar-refractivity contribution in [2.75, 3.05) is 20.2 Å². The summed E-state index contributed by atoms with van der Waals surface area (Å²) in [6.45, 7) is 4.88. The van der Waals surface area contributed by atoms with E-state index in [4.69, 9.17) is 16.3 Å². The van der Waals surface area contributed by atoms with Crippen LogP contribution >= 0.6 is 11.6 Å². The first kappa shape index (κ1) is 22.6. The van der Waals surface area contributed by atoms with Gasteiger partial charge in [-0.25, -0.2) is 8.42 Å². The second kappa shape index (κ2) is 9.37. The molecule has 1 atom stereocenters. The first-order chi connectivity index (χ1) is 14.3. The van der Waals surface area contributed by atoms with Crippen LogP contribution in [0.25, 0.3) is 0 Å². The summed E-state index contributed by atoms with van der Waals surface area (Å²) in [4.78, 5) is 12.9. The summed E-state index contributed by atoms with van der Waals surface area (Å²) in [6, 6.07) is 9.96. The van der Waals surface area contributed by atoms with Crippen molar-refractivity contribution in [1.82, 2.24) is 9.62 Å². The molecule has 1 unspecified atom stereocenters. The van der Waals surface area contributed by atoms with E-state index in [1.165, 1.54) is 16.4 Å². The minimum absolute atomic E-state index is 0.0212. The maximum absolute atomic E-state index is 12.9. The van der Waals surface area contributed by atoms with Gasteiger partial charge in [0.15, 0.2) is 0 Å². The highest BCUT2D eigenvalue weighted by molar-refractivity contribution is 7.89. The van der Waals surface area contributed by atoms with Crippen molar-refractivity contribution in [1.29, 1.82) is 0 Å². The lowest BCUT2D eigenvalue weighted by Crippen LogP contribution is -2.30. The Balaban J connectivity index is 1.85. The predicted octanol–water partition coefficient (Wildman–Crippen LogP) is 4.32. The van der Waals surface area contributed by atoms with E-state index in [0.717, 1.165) is 29.7 Å². The van der Waals surface area contributed by atoms with Gasteiger partial charge in [0.2, 0.25) is 10.0 Å². The molecule has 1 N–H and O–H groups in total. The zero-order valence-electron chi connectivity index (χ0n) is 17.4. The van der Waals surface area contributed by atoms with E-state index >= 15 is 0 Å². The zero-order chi connectivity index (χ0) is 21.9. The van der Waals surface area contributed by atoms with Gasteiger partial charge in [-0.05, 0) is 61.6 Å². The molecule has 30 heavy (non-hydrogen) atoms. The van der Waals surface area contributed by atoms with E-state index in [1.807, 2.05) is 32.0 Å². The number of halogens is 1. The van der Waals surface area contributed by atoms with E-state index in [0.29, 0.717) is 19.5 Å². The summed E-state index contributed by atoms with van der Waals surface area (Å²) >= 11 is 6.19. The Morgan fingerprint density at radius 1 is 1.20 bits per heavy atom. The molecule has 0 aromatic heterocycles. The number of amides is 1. The number of ether oxygens (including phenoxy) is 1. The SMILES string of the molecule is CCC(NC(=O)c1ccc(Cl)c(S(=O)(=O)N2CCCC2)c1)c1ccc(OC)c(C)c1. The highest BCUT2D eigenvalue weighted by Gasteiger charge is 2.30. The second-order valence-electron chi connectivity index (χ2n) is 7.42. The molecule has 1 aliphatic rings. The molecule has 1 fully saturated rings. The van der Waals surface area contributed by atoms with Crippen LogP contribution in [0.5, 0.6) is 5.75 Å². The molecular formula is C22H27ClN2O4S. The van der Waals surface area contributed by atoms with E-state index in [2.05, 4.69) is 5.32 Å². The van der Waals surface area contributed by atoms with Gasteiger partial charge in [-0.15, -0.1) is 0 Å². The van der Waals surface area contributed by atoms with Gasteiger partial charge in [-0.2, -0.15) is 4.31 Å². The van der Waals surface area contributed by atoms with E-state index < -0.39 is 10.0 Å². The Hall–Kier alpha value is -2.09. The normalized spacial score (nSPS) is 15.7. The summed E-state index contributed by atoms with van der Waals surface area (Å²) < 4.78 is 32.6. The van der Waals surface area contributed by atoms with Crippen LogP contribution in [-0.4, -0.2) is 38.8 Å². The largest absolute Gasteiger partial charge is 0.496 e. The molecule has 0 spiro atoms. The molecule has 1 aliphatic heterocycles. The average molecular weight is 451 g/mol. The molecule has 2 aromatic rings. The van der Waals surface area contributed by atoms with E-state index in [9.17, 15) is 13.2 Å². The number of rotatable bonds is 7. The number of hydrogen-bond donors (Lipinski definition) is 1. The number of hydrogen-bond acceptors (Lipinski definition) is 4. The molecule has 1 heterocycles. The maximum atomic E-state index is 12.9. The fourth-order valence-corrected chi connectivity index (χ4v) is 5.71. The summed E-state index contributed by atoms with van der Waals surface area (Å²) in [5, 5.41) is 3.12. The lowest BCUT2D eigenvalue weighted by Gasteiger charge is -2.20. The summed E-state index contributed by atoms with van der Waals surface area (Å²) in [6.07, 6.45) is 2.34. The van der Waals surface area contributed by atoms with Gasteiger partial charge in [-0.1, -0.05) is 30.7 Å². The average Bonchev–Trinajstić information content (AvgIpc) is 3.28.